The molecule has 1 heterocycles. The molecule has 3 rings (SSSR count). The van der Waals surface area contributed by atoms with Crippen molar-refractivity contribution in [3.63, 3.8) is 0 Å². The van der Waals surface area contributed by atoms with E-state index in [0.717, 1.165) is 5.92 Å². The molecule has 17 heavy (non-hydrogen) atoms. The van der Waals surface area contributed by atoms with Crippen molar-refractivity contribution in [3.05, 3.63) is 26.5 Å². The van der Waals surface area contributed by atoms with Crippen LogP contribution in [0.1, 0.15) is 59.4 Å². The summed E-state index contributed by atoms with van der Waals surface area (Å²) >= 11 is 8.21. The third-order valence-corrected chi connectivity index (χ3v) is 5.71. The monoisotopic (exact) mass is 266 g/mol. The summed E-state index contributed by atoms with van der Waals surface area (Å²) in [6.45, 7) is 4.55. The number of aryl methyl sites for hydroxylation is 1. The lowest BCUT2D eigenvalue weighted by Gasteiger charge is -2.26. The van der Waals surface area contributed by atoms with Crippen LogP contribution in [0.3, 0.4) is 0 Å². The van der Waals surface area contributed by atoms with E-state index >= 15 is 0 Å². The van der Waals surface area contributed by atoms with E-state index < -0.39 is 0 Å². The van der Waals surface area contributed by atoms with Crippen molar-refractivity contribution in [2.45, 2.75) is 57.2 Å². The Morgan fingerprint density at radius 1 is 1.18 bits per heavy atom. The van der Waals surface area contributed by atoms with Crippen molar-refractivity contribution in [1.29, 1.82) is 0 Å². The SMILES string of the molecule is CC1=Cc2sc(C)c(C3CCC(Cl)CC3)c2C1. The van der Waals surface area contributed by atoms with E-state index in [1.165, 1.54) is 42.6 Å². The number of hydrogen-bond donors (Lipinski definition) is 0. The first kappa shape index (κ1) is 11.8. The van der Waals surface area contributed by atoms with Gasteiger partial charge in [-0.2, -0.15) is 0 Å². The van der Waals surface area contributed by atoms with Gasteiger partial charge in [-0.05, 0) is 69.1 Å². The van der Waals surface area contributed by atoms with Crippen LogP contribution in [0.2, 0.25) is 0 Å². The van der Waals surface area contributed by atoms with Gasteiger partial charge >= 0.3 is 0 Å². The van der Waals surface area contributed by atoms with Gasteiger partial charge in [-0.1, -0.05) is 5.57 Å². The summed E-state index contributed by atoms with van der Waals surface area (Å²) in [6, 6.07) is 0. The predicted molar refractivity (Wildman–Crippen MR) is 77.3 cm³/mol. The lowest BCUT2D eigenvalue weighted by atomic mass is 9.82. The molecule has 0 radical (unpaired) electrons. The summed E-state index contributed by atoms with van der Waals surface area (Å²) in [6.07, 6.45) is 8.54. The third kappa shape index (κ3) is 2.08. The molecule has 0 atom stereocenters. The van der Waals surface area contributed by atoms with Gasteiger partial charge in [0, 0.05) is 15.1 Å². The van der Waals surface area contributed by atoms with Gasteiger partial charge in [0.25, 0.3) is 0 Å². The van der Waals surface area contributed by atoms with E-state index in [2.05, 4.69) is 19.9 Å². The maximum Gasteiger partial charge on any atom is 0.0336 e. The van der Waals surface area contributed by atoms with Gasteiger partial charge in [0.1, 0.15) is 0 Å². The fourth-order valence-corrected chi connectivity index (χ4v) is 4.90. The van der Waals surface area contributed by atoms with Crippen LogP contribution in [0.4, 0.5) is 0 Å². The average Bonchev–Trinajstić information content (AvgIpc) is 2.75. The molecule has 0 saturated heterocycles. The number of halogens is 1. The van der Waals surface area contributed by atoms with Gasteiger partial charge in [0.05, 0.1) is 0 Å². The molecule has 2 heteroatoms. The first-order chi connectivity index (χ1) is 8.15. The molecule has 0 nitrogen and oxygen atoms in total. The number of rotatable bonds is 1. The van der Waals surface area contributed by atoms with Crippen molar-refractivity contribution in [1.82, 2.24) is 0 Å². The topological polar surface area (TPSA) is 0 Å². The largest absolute Gasteiger partial charge is 0.141 e. The van der Waals surface area contributed by atoms with Crippen LogP contribution in [-0.2, 0) is 6.42 Å². The van der Waals surface area contributed by atoms with E-state index in [0.29, 0.717) is 5.38 Å². The summed E-state index contributed by atoms with van der Waals surface area (Å²) < 4.78 is 0. The standard InChI is InChI=1S/C15H19ClS/c1-9-7-13-14(8-9)17-10(2)15(13)11-3-5-12(16)6-4-11/h8,11-12H,3-7H2,1-2H3. The lowest BCUT2D eigenvalue weighted by Crippen LogP contribution is -2.14. The molecule has 2 aliphatic carbocycles. The number of thiophene rings is 1. The van der Waals surface area contributed by atoms with E-state index in [4.69, 9.17) is 11.6 Å². The van der Waals surface area contributed by atoms with Crippen LogP contribution >= 0.6 is 22.9 Å². The highest BCUT2D eigenvalue weighted by atomic mass is 35.5. The van der Waals surface area contributed by atoms with E-state index in [1.807, 2.05) is 11.3 Å². The second kappa shape index (κ2) is 4.44. The second-order valence-corrected chi connectivity index (χ2v) is 7.40. The van der Waals surface area contributed by atoms with Crippen LogP contribution < -0.4 is 0 Å². The molecule has 92 valence electrons. The molecule has 0 aromatic carbocycles. The highest BCUT2D eigenvalue weighted by Crippen LogP contribution is 2.45. The number of allylic oxidation sites excluding steroid dienone is 1. The lowest BCUT2D eigenvalue weighted by molar-refractivity contribution is 0.447. The molecule has 0 unspecified atom stereocenters. The molecule has 1 aromatic rings. The Bertz CT molecular complexity index is 462. The molecule has 0 amide bonds. The van der Waals surface area contributed by atoms with Gasteiger partial charge < -0.3 is 0 Å². The molecule has 2 aliphatic rings. The molecule has 1 fully saturated rings. The maximum atomic E-state index is 6.22. The van der Waals surface area contributed by atoms with Crippen molar-refractivity contribution >= 4 is 29.0 Å². The summed E-state index contributed by atoms with van der Waals surface area (Å²) in [5.41, 5.74) is 4.85. The Hall–Kier alpha value is -0.270. The molecular weight excluding hydrogens is 248 g/mol. The average molecular weight is 267 g/mol. The summed E-state index contributed by atoms with van der Waals surface area (Å²) in [7, 11) is 0. The van der Waals surface area contributed by atoms with Crippen molar-refractivity contribution in [3.8, 4) is 0 Å². The van der Waals surface area contributed by atoms with Crippen LogP contribution in [0, 0.1) is 6.92 Å². The van der Waals surface area contributed by atoms with Gasteiger partial charge in [0.15, 0.2) is 0 Å². The van der Waals surface area contributed by atoms with Gasteiger partial charge in [0.2, 0.25) is 0 Å². The zero-order valence-electron chi connectivity index (χ0n) is 10.6. The second-order valence-electron chi connectivity index (χ2n) is 5.53. The summed E-state index contributed by atoms with van der Waals surface area (Å²) in [5, 5.41) is 0.429. The van der Waals surface area contributed by atoms with E-state index in [9.17, 15) is 0 Å². The minimum Gasteiger partial charge on any atom is -0.141 e. The summed E-state index contributed by atoms with van der Waals surface area (Å²) in [4.78, 5) is 3.08. The third-order valence-electron chi connectivity index (χ3n) is 4.16. The fraction of sp³-hybridized carbons (Fsp3) is 0.600. The molecule has 0 bridgehead atoms. The van der Waals surface area contributed by atoms with Crippen LogP contribution in [-0.4, -0.2) is 5.38 Å². The molecule has 0 N–H and O–H groups in total. The molecule has 1 saturated carbocycles. The predicted octanol–water partition coefficient (Wildman–Crippen LogP) is 5.28. The highest BCUT2D eigenvalue weighted by molar-refractivity contribution is 7.13. The Balaban J connectivity index is 1.90. The normalized spacial score (nSPS) is 28.1. The Labute approximate surface area is 113 Å². The molecule has 1 aromatic heterocycles. The van der Waals surface area contributed by atoms with Crippen LogP contribution in [0.5, 0.6) is 0 Å². The zero-order chi connectivity index (χ0) is 12.0. The van der Waals surface area contributed by atoms with E-state index in [-0.39, 0.29) is 0 Å². The number of alkyl halides is 1. The number of fused-ring (bicyclic) bond motifs is 1. The van der Waals surface area contributed by atoms with Crippen molar-refractivity contribution in [2.75, 3.05) is 0 Å². The van der Waals surface area contributed by atoms with Crippen molar-refractivity contribution < 1.29 is 0 Å². The van der Waals surface area contributed by atoms with Gasteiger partial charge in [-0.3, -0.25) is 0 Å². The van der Waals surface area contributed by atoms with Gasteiger partial charge in [-0.25, -0.2) is 0 Å². The maximum absolute atomic E-state index is 6.22. The highest BCUT2D eigenvalue weighted by Gasteiger charge is 2.28. The zero-order valence-corrected chi connectivity index (χ0v) is 12.1. The minimum absolute atomic E-state index is 0.429. The summed E-state index contributed by atoms with van der Waals surface area (Å²) in [5.74, 6) is 0.782. The Morgan fingerprint density at radius 3 is 2.59 bits per heavy atom. The van der Waals surface area contributed by atoms with Crippen molar-refractivity contribution in [2.24, 2.45) is 0 Å². The number of hydrogen-bond acceptors (Lipinski definition) is 1. The van der Waals surface area contributed by atoms with Crippen LogP contribution in [0.15, 0.2) is 5.57 Å². The fourth-order valence-electron chi connectivity index (χ4n) is 3.35. The first-order valence-corrected chi connectivity index (χ1v) is 7.84. The Morgan fingerprint density at radius 2 is 1.88 bits per heavy atom. The molecular formula is C15H19ClS. The smallest absolute Gasteiger partial charge is 0.0336 e. The molecule has 0 spiro atoms. The minimum atomic E-state index is 0.429. The van der Waals surface area contributed by atoms with E-state index in [1.54, 1.807) is 16.0 Å². The molecule has 0 aliphatic heterocycles. The first-order valence-electron chi connectivity index (χ1n) is 6.58. The quantitative estimate of drug-likeness (QED) is 0.607. The Kier molecular flexibility index (Phi) is 3.08. The van der Waals surface area contributed by atoms with Gasteiger partial charge in [-0.15, -0.1) is 22.9 Å². The van der Waals surface area contributed by atoms with Crippen LogP contribution in [0.25, 0.3) is 6.08 Å².